The standard InChI is InChI=1S/C27H38BrN3O4S/c1-7-8-16-29-26(33)20(2)30(18-21-10-9-11-23(28)17-21)25(32)19-31(36(6,34)35)24-14-12-22(13-15-24)27(3,4)5/h9-15,17,20H,7-8,16,18-19H2,1-6H3,(H,29,33)/t20-/m0/s1. The van der Waals surface area contributed by atoms with E-state index in [1.165, 1.54) is 4.90 Å². The number of benzene rings is 2. The maximum atomic E-state index is 13.6. The van der Waals surface area contributed by atoms with Crippen molar-refractivity contribution in [3.63, 3.8) is 0 Å². The molecule has 0 aliphatic heterocycles. The van der Waals surface area contributed by atoms with Crippen LogP contribution < -0.4 is 9.62 Å². The summed E-state index contributed by atoms with van der Waals surface area (Å²) in [7, 11) is -3.76. The molecule has 198 valence electrons. The Morgan fingerprint density at radius 3 is 2.25 bits per heavy atom. The zero-order chi connectivity index (χ0) is 27.1. The van der Waals surface area contributed by atoms with E-state index >= 15 is 0 Å². The molecule has 1 atom stereocenters. The number of nitrogens with one attached hydrogen (secondary N) is 1. The molecular weight excluding hydrogens is 542 g/mol. The summed E-state index contributed by atoms with van der Waals surface area (Å²) in [6, 6.07) is 13.9. The Morgan fingerprint density at radius 2 is 1.72 bits per heavy atom. The molecule has 36 heavy (non-hydrogen) atoms. The molecule has 0 spiro atoms. The van der Waals surface area contributed by atoms with Crippen LogP contribution in [0.4, 0.5) is 5.69 Å². The fourth-order valence-electron chi connectivity index (χ4n) is 3.69. The second kappa shape index (κ2) is 12.7. The molecule has 2 amide bonds. The first-order valence-electron chi connectivity index (χ1n) is 12.1. The van der Waals surface area contributed by atoms with Gasteiger partial charge in [0.2, 0.25) is 21.8 Å². The quantitative estimate of drug-likeness (QED) is 0.386. The number of sulfonamides is 1. The molecule has 0 fully saturated rings. The van der Waals surface area contributed by atoms with Crippen LogP contribution in [0.25, 0.3) is 0 Å². The molecule has 2 rings (SSSR count). The number of amides is 2. The van der Waals surface area contributed by atoms with Crippen molar-refractivity contribution in [2.24, 2.45) is 0 Å². The lowest BCUT2D eigenvalue weighted by molar-refractivity contribution is -0.139. The van der Waals surface area contributed by atoms with Crippen LogP contribution in [-0.2, 0) is 31.6 Å². The van der Waals surface area contributed by atoms with E-state index in [1.54, 1.807) is 19.1 Å². The maximum Gasteiger partial charge on any atom is 0.244 e. The molecule has 0 bridgehead atoms. The topological polar surface area (TPSA) is 86.8 Å². The highest BCUT2D eigenvalue weighted by atomic mass is 79.9. The fourth-order valence-corrected chi connectivity index (χ4v) is 4.99. The van der Waals surface area contributed by atoms with Gasteiger partial charge in [-0.25, -0.2) is 8.42 Å². The summed E-state index contributed by atoms with van der Waals surface area (Å²) in [4.78, 5) is 27.9. The average Bonchev–Trinajstić information content (AvgIpc) is 2.79. The van der Waals surface area contributed by atoms with Gasteiger partial charge in [0.05, 0.1) is 11.9 Å². The highest BCUT2D eigenvalue weighted by Crippen LogP contribution is 2.26. The van der Waals surface area contributed by atoms with Gasteiger partial charge in [0.25, 0.3) is 0 Å². The zero-order valence-electron chi connectivity index (χ0n) is 22.0. The molecule has 0 radical (unpaired) electrons. The van der Waals surface area contributed by atoms with Crippen molar-refractivity contribution in [3.05, 3.63) is 64.1 Å². The molecule has 2 aromatic rings. The Bertz CT molecular complexity index is 1140. The van der Waals surface area contributed by atoms with Crippen LogP contribution in [0.1, 0.15) is 58.6 Å². The predicted octanol–water partition coefficient (Wildman–Crippen LogP) is 4.85. The maximum absolute atomic E-state index is 13.6. The lowest BCUT2D eigenvalue weighted by Crippen LogP contribution is -2.51. The third kappa shape index (κ3) is 8.62. The Balaban J connectivity index is 2.36. The van der Waals surface area contributed by atoms with Gasteiger partial charge in [-0.2, -0.15) is 0 Å². The van der Waals surface area contributed by atoms with Crippen molar-refractivity contribution in [1.82, 2.24) is 10.2 Å². The number of hydrogen-bond donors (Lipinski definition) is 1. The largest absolute Gasteiger partial charge is 0.354 e. The van der Waals surface area contributed by atoms with Gasteiger partial charge >= 0.3 is 0 Å². The van der Waals surface area contributed by atoms with E-state index in [2.05, 4.69) is 42.0 Å². The molecule has 7 nitrogen and oxygen atoms in total. The van der Waals surface area contributed by atoms with E-state index in [-0.39, 0.29) is 17.9 Å². The van der Waals surface area contributed by atoms with Gasteiger partial charge in [-0.3, -0.25) is 13.9 Å². The number of carbonyl (C=O) groups excluding carboxylic acids is 2. The summed E-state index contributed by atoms with van der Waals surface area (Å²) in [6.45, 7) is 10.2. The first-order valence-corrected chi connectivity index (χ1v) is 14.8. The third-order valence-corrected chi connectivity index (χ3v) is 7.57. The summed E-state index contributed by atoms with van der Waals surface area (Å²) < 4.78 is 27.4. The molecule has 0 aliphatic rings. The van der Waals surface area contributed by atoms with Gasteiger partial charge in [-0.05, 0) is 54.2 Å². The molecule has 0 saturated heterocycles. The summed E-state index contributed by atoms with van der Waals surface area (Å²) in [5.74, 6) is -0.731. The summed E-state index contributed by atoms with van der Waals surface area (Å²) in [6.07, 6.45) is 2.86. The van der Waals surface area contributed by atoms with E-state index < -0.39 is 28.5 Å². The number of hydrogen-bond acceptors (Lipinski definition) is 4. The van der Waals surface area contributed by atoms with E-state index in [0.717, 1.165) is 39.0 Å². The van der Waals surface area contributed by atoms with Crippen LogP contribution in [0.5, 0.6) is 0 Å². The van der Waals surface area contributed by atoms with Crippen molar-refractivity contribution in [2.75, 3.05) is 23.7 Å². The van der Waals surface area contributed by atoms with Gasteiger partial charge in [-0.15, -0.1) is 0 Å². The lowest BCUT2D eigenvalue weighted by Gasteiger charge is -2.31. The Hall–Kier alpha value is -2.39. The van der Waals surface area contributed by atoms with E-state index in [4.69, 9.17) is 0 Å². The van der Waals surface area contributed by atoms with Crippen molar-refractivity contribution < 1.29 is 18.0 Å². The molecule has 0 saturated carbocycles. The van der Waals surface area contributed by atoms with Gasteiger partial charge in [0.15, 0.2) is 0 Å². The minimum absolute atomic E-state index is 0.0917. The second-order valence-electron chi connectivity index (χ2n) is 10.0. The number of nitrogens with zero attached hydrogens (tertiary/aromatic N) is 2. The van der Waals surface area contributed by atoms with Crippen LogP contribution in [0.3, 0.4) is 0 Å². The number of anilines is 1. The highest BCUT2D eigenvalue weighted by Gasteiger charge is 2.30. The summed E-state index contributed by atoms with van der Waals surface area (Å²) >= 11 is 3.44. The SMILES string of the molecule is CCCCNC(=O)[C@H](C)N(Cc1cccc(Br)c1)C(=O)CN(c1ccc(C(C)(C)C)cc1)S(C)(=O)=O. The Labute approximate surface area is 224 Å². The van der Waals surface area contributed by atoms with Crippen molar-refractivity contribution >= 4 is 43.5 Å². The molecule has 1 N–H and O–H groups in total. The number of rotatable bonds is 11. The number of unbranched alkanes of at least 4 members (excludes halogenated alkanes) is 1. The van der Waals surface area contributed by atoms with Crippen molar-refractivity contribution in [2.45, 2.75) is 65.5 Å². The molecular formula is C27H38BrN3O4S. The molecule has 0 aromatic heterocycles. The molecule has 0 unspecified atom stereocenters. The van der Waals surface area contributed by atoms with Crippen LogP contribution in [-0.4, -0.2) is 50.5 Å². The van der Waals surface area contributed by atoms with E-state index in [1.807, 2.05) is 43.3 Å². The Kier molecular flexibility index (Phi) is 10.5. The van der Waals surface area contributed by atoms with Gasteiger partial charge in [0, 0.05) is 17.6 Å². The number of halogens is 1. The van der Waals surface area contributed by atoms with Crippen LogP contribution in [0.2, 0.25) is 0 Å². The first-order chi connectivity index (χ1) is 16.7. The summed E-state index contributed by atoms with van der Waals surface area (Å²) in [5, 5.41) is 2.88. The highest BCUT2D eigenvalue weighted by molar-refractivity contribution is 9.10. The van der Waals surface area contributed by atoms with Gasteiger partial charge in [-0.1, -0.05) is 74.3 Å². The van der Waals surface area contributed by atoms with Crippen LogP contribution in [0, 0.1) is 0 Å². The van der Waals surface area contributed by atoms with Gasteiger partial charge < -0.3 is 10.2 Å². The average molecular weight is 581 g/mol. The second-order valence-corrected chi connectivity index (χ2v) is 12.9. The smallest absolute Gasteiger partial charge is 0.244 e. The monoisotopic (exact) mass is 579 g/mol. The fraction of sp³-hybridized carbons (Fsp3) is 0.481. The molecule has 0 heterocycles. The predicted molar refractivity (Wildman–Crippen MR) is 149 cm³/mol. The minimum Gasteiger partial charge on any atom is -0.354 e. The molecule has 0 aliphatic carbocycles. The van der Waals surface area contributed by atoms with Crippen molar-refractivity contribution in [1.29, 1.82) is 0 Å². The minimum atomic E-state index is -3.76. The number of carbonyl (C=O) groups is 2. The van der Waals surface area contributed by atoms with E-state index in [0.29, 0.717) is 12.2 Å². The van der Waals surface area contributed by atoms with Crippen molar-refractivity contribution in [3.8, 4) is 0 Å². The van der Waals surface area contributed by atoms with Crippen LogP contribution >= 0.6 is 15.9 Å². The van der Waals surface area contributed by atoms with E-state index in [9.17, 15) is 18.0 Å². The summed E-state index contributed by atoms with van der Waals surface area (Å²) in [5.41, 5.74) is 2.19. The normalized spacial score (nSPS) is 12.6. The van der Waals surface area contributed by atoms with Gasteiger partial charge in [0.1, 0.15) is 12.6 Å². The third-order valence-electron chi connectivity index (χ3n) is 5.94. The first kappa shape index (κ1) is 29.8. The Morgan fingerprint density at radius 1 is 1.08 bits per heavy atom. The molecule has 2 aromatic carbocycles. The van der Waals surface area contributed by atoms with Crippen LogP contribution in [0.15, 0.2) is 53.0 Å². The molecule has 9 heteroatoms. The lowest BCUT2D eigenvalue weighted by atomic mass is 9.87. The zero-order valence-corrected chi connectivity index (χ0v) is 24.4.